The highest BCUT2D eigenvalue weighted by molar-refractivity contribution is 5.62. The van der Waals surface area contributed by atoms with Gasteiger partial charge in [0.15, 0.2) is 0 Å². The molecule has 0 spiro atoms. The topological polar surface area (TPSA) is 40.7 Å². The van der Waals surface area contributed by atoms with Crippen LogP contribution in [0.15, 0.2) is 30.3 Å². The molecule has 0 atom stereocenters. The Morgan fingerprint density at radius 2 is 2.00 bits per heavy atom. The minimum Gasteiger partial charge on any atom is -0.368 e. The number of aromatic nitrogens is 2. The van der Waals surface area contributed by atoms with Crippen molar-refractivity contribution in [3.8, 4) is 11.3 Å². The van der Waals surface area contributed by atoms with Crippen LogP contribution in [-0.2, 0) is 0 Å². The largest absolute Gasteiger partial charge is 0.368 e. The van der Waals surface area contributed by atoms with E-state index in [9.17, 15) is 4.39 Å². The van der Waals surface area contributed by atoms with Crippen molar-refractivity contribution in [3.63, 3.8) is 0 Å². The molecule has 4 heteroatoms. The molecule has 0 radical (unpaired) electrons. The standard InChI is InChI=1S/C13H16FN3/c1-9(2)8-15-13-7-12(16-17-13)10-3-5-11(14)6-4-10/h3-7,9H,8H2,1-2H3,(H2,15,16,17). The maximum absolute atomic E-state index is 12.8. The Labute approximate surface area is 100 Å². The van der Waals surface area contributed by atoms with Gasteiger partial charge in [0.1, 0.15) is 11.6 Å². The van der Waals surface area contributed by atoms with Crippen molar-refractivity contribution in [2.24, 2.45) is 5.92 Å². The molecule has 2 aromatic rings. The van der Waals surface area contributed by atoms with Gasteiger partial charge in [-0.25, -0.2) is 4.39 Å². The van der Waals surface area contributed by atoms with E-state index in [4.69, 9.17) is 0 Å². The van der Waals surface area contributed by atoms with Crippen LogP contribution in [0.1, 0.15) is 13.8 Å². The molecule has 0 aliphatic carbocycles. The van der Waals surface area contributed by atoms with Crippen LogP contribution in [0.2, 0.25) is 0 Å². The molecule has 0 bridgehead atoms. The number of hydrogen-bond acceptors (Lipinski definition) is 2. The minimum atomic E-state index is -0.230. The van der Waals surface area contributed by atoms with Gasteiger partial charge in [-0.1, -0.05) is 13.8 Å². The molecule has 0 saturated carbocycles. The number of hydrogen-bond donors (Lipinski definition) is 2. The first-order valence-electron chi connectivity index (χ1n) is 5.70. The number of nitrogens with zero attached hydrogens (tertiary/aromatic N) is 1. The molecule has 3 nitrogen and oxygen atoms in total. The van der Waals surface area contributed by atoms with E-state index in [0.717, 1.165) is 23.6 Å². The first-order chi connectivity index (χ1) is 8.15. The highest BCUT2D eigenvalue weighted by atomic mass is 19.1. The van der Waals surface area contributed by atoms with Crippen molar-refractivity contribution < 1.29 is 4.39 Å². The summed E-state index contributed by atoms with van der Waals surface area (Å²) in [5.41, 5.74) is 1.81. The molecule has 17 heavy (non-hydrogen) atoms. The highest BCUT2D eigenvalue weighted by Gasteiger charge is 2.03. The number of halogens is 1. The Morgan fingerprint density at radius 3 is 2.65 bits per heavy atom. The molecule has 2 N–H and O–H groups in total. The van der Waals surface area contributed by atoms with Crippen molar-refractivity contribution in [1.82, 2.24) is 10.2 Å². The summed E-state index contributed by atoms with van der Waals surface area (Å²) in [6.07, 6.45) is 0. The summed E-state index contributed by atoms with van der Waals surface area (Å²) in [5.74, 6) is 1.16. The Morgan fingerprint density at radius 1 is 1.29 bits per heavy atom. The van der Waals surface area contributed by atoms with Gasteiger partial charge >= 0.3 is 0 Å². The molecule has 0 aliphatic heterocycles. The first-order valence-corrected chi connectivity index (χ1v) is 5.70. The Kier molecular flexibility index (Phi) is 3.42. The van der Waals surface area contributed by atoms with E-state index in [-0.39, 0.29) is 5.82 Å². The maximum Gasteiger partial charge on any atom is 0.148 e. The van der Waals surface area contributed by atoms with E-state index in [0.29, 0.717) is 5.92 Å². The van der Waals surface area contributed by atoms with Gasteiger partial charge in [-0.15, -0.1) is 0 Å². The van der Waals surface area contributed by atoms with Crippen LogP contribution in [0.5, 0.6) is 0 Å². The van der Waals surface area contributed by atoms with Gasteiger partial charge in [0, 0.05) is 12.6 Å². The van der Waals surface area contributed by atoms with Crippen LogP contribution in [0.25, 0.3) is 11.3 Å². The number of aromatic amines is 1. The van der Waals surface area contributed by atoms with E-state index >= 15 is 0 Å². The predicted octanol–water partition coefficient (Wildman–Crippen LogP) is 3.28. The van der Waals surface area contributed by atoms with Gasteiger partial charge < -0.3 is 5.32 Å². The number of anilines is 1. The Hall–Kier alpha value is -1.84. The third-order valence-corrected chi connectivity index (χ3v) is 2.42. The lowest BCUT2D eigenvalue weighted by molar-refractivity contribution is 0.628. The van der Waals surface area contributed by atoms with Gasteiger partial charge in [0.05, 0.1) is 5.69 Å². The zero-order chi connectivity index (χ0) is 12.3. The van der Waals surface area contributed by atoms with Crippen LogP contribution in [0, 0.1) is 11.7 Å². The molecule has 0 saturated heterocycles. The average Bonchev–Trinajstić information content (AvgIpc) is 2.76. The fourth-order valence-corrected chi connectivity index (χ4v) is 1.50. The minimum absolute atomic E-state index is 0.230. The third kappa shape index (κ3) is 3.06. The molecular weight excluding hydrogens is 217 g/mol. The fourth-order valence-electron chi connectivity index (χ4n) is 1.50. The number of H-pyrrole nitrogens is 1. The second-order valence-electron chi connectivity index (χ2n) is 4.45. The third-order valence-electron chi connectivity index (χ3n) is 2.42. The average molecular weight is 233 g/mol. The summed E-state index contributed by atoms with van der Waals surface area (Å²) in [6, 6.07) is 8.27. The van der Waals surface area contributed by atoms with Gasteiger partial charge in [0.25, 0.3) is 0 Å². The number of benzene rings is 1. The molecule has 0 amide bonds. The lowest BCUT2D eigenvalue weighted by atomic mass is 10.1. The molecule has 90 valence electrons. The van der Waals surface area contributed by atoms with Crippen LogP contribution >= 0.6 is 0 Å². The fraction of sp³-hybridized carbons (Fsp3) is 0.308. The van der Waals surface area contributed by atoms with Crippen molar-refractivity contribution in [2.45, 2.75) is 13.8 Å². The smallest absolute Gasteiger partial charge is 0.148 e. The predicted molar refractivity (Wildman–Crippen MR) is 67.3 cm³/mol. The van der Waals surface area contributed by atoms with Crippen LogP contribution in [-0.4, -0.2) is 16.7 Å². The summed E-state index contributed by atoms with van der Waals surface area (Å²) >= 11 is 0. The van der Waals surface area contributed by atoms with E-state index in [1.807, 2.05) is 6.07 Å². The van der Waals surface area contributed by atoms with Crippen LogP contribution < -0.4 is 5.32 Å². The van der Waals surface area contributed by atoms with Gasteiger partial charge in [-0.05, 0) is 35.7 Å². The second-order valence-corrected chi connectivity index (χ2v) is 4.45. The Bertz CT molecular complexity index is 474. The number of nitrogens with one attached hydrogen (secondary N) is 2. The molecule has 1 aromatic carbocycles. The SMILES string of the molecule is CC(C)CNc1cc(-c2ccc(F)cc2)[nH]n1. The van der Waals surface area contributed by atoms with Crippen molar-refractivity contribution in [3.05, 3.63) is 36.1 Å². The monoisotopic (exact) mass is 233 g/mol. The van der Waals surface area contributed by atoms with E-state index in [1.165, 1.54) is 12.1 Å². The zero-order valence-electron chi connectivity index (χ0n) is 10.00. The van der Waals surface area contributed by atoms with E-state index < -0.39 is 0 Å². The molecule has 2 rings (SSSR count). The van der Waals surface area contributed by atoms with Gasteiger partial charge in [0.2, 0.25) is 0 Å². The van der Waals surface area contributed by atoms with E-state index in [1.54, 1.807) is 12.1 Å². The normalized spacial score (nSPS) is 10.8. The molecule has 1 aromatic heterocycles. The molecule has 1 heterocycles. The summed E-state index contributed by atoms with van der Waals surface area (Å²) in [4.78, 5) is 0. The lowest BCUT2D eigenvalue weighted by Gasteiger charge is -2.04. The summed E-state index contributed by atoms with van der Waals surface area (Å²) < 4.78 is 12.8. The van der Waals surface area contributed by atoms with Crippen molar-refractivity contribution >= 4 is 5.82 Å². The summed E-state index contributed by atoms with van der Waals surface area (Å²) in [6.45, 7) is 5.16. The number of rotatable bonds is 4. The second kappa shape index (κ2) is 4.99. The highest BCUT2D eigenvalue weighted by Crippen LogP contribution is 2.19. The van der Waals surface area contributed by atoms with Gasteiger partial charge in [-0.2, -0.15) is 5.10 Å². The molecule has 0 unspecified atom stereocenters. The van der Waals surface area contributed by atoms with E-state index in [2.05, 4.69) is 29.4 Å². The lowest BCUT2D eigenvalue weighted by Crippen LogP contribution is -2.07. The van der Waals surface area contributed by atoms with Crippen LogP contribution in [0.4, 0.5) is 10.2 Å². The summed E-state index contributed by atoms with van der Waals surface area (Å²) in [5, 5.41) is 10.3. The van der Waals surface area contributed by atoms with Gasteiger partial charge in [-0.3, -0.25) is 5.10 Å². The first kappa shape index (κ1) is 11.6. The molecule has 0 aliphatic rings. The van der Waals surface area contributed by atoms with Crippen molar-refractivity contribution in [2.75, 3.05) is 11.9 Å². The molecular formula is C13H16FN3. The van der Waals surface area contributed by atoms with Crippen molar-refractivity contribution in [1.29, 1.82) is 0 Å². The quantitative estimate of drug-likeness (QED) is 0.850. The maximum atomic E-state index is 12.8. The summed E-state index contributed by atoms with van der Waals surface area (Å²) in [7, 11) is 0. The zero-order valence-corrected chi connectivity index (χ0v) is 10.00. The van der Waals surface area contributed by atoms with Crippen LogP contribution in [0.3, 0.4) is 0 Å². The molecule has 0 fully saturated rings. The Balaban J connectivity index is 2.10.